The Hall–Kier alpha value is -1.18. The molecule has 0 aromatic rings. The van der Waals surface area contributed by atoms with Crippen LogP contribution in [0.3, 0.4) is 0 Å². The summed E-state index contributed by atoms with van der Waals surface area (Å²) in [6.45, 7) is 8.01. The van der Waals surface area contributed by atoms with Gasteiger partial charge in [-0.2, -0.15) is 0 Å². The predicted molar refractivity (Wildman–Crippen MR) is 80.8 cm³/mol. The molecule has 0 aliphatic heterocycles. The summed E-state index contributed by atoms with van der Waals surface area (Å²) in [5.74, 6) is -0.0520. The maximum atomic E-state index is 10.9. The third kappa shape index (κ3) is 15.0. The number of methoxy groups -OCH3 is 1. The third-order valence-electron chi connectivity index (χ3n) is 2.58. The second-order valence-electron chi connectivity index (χ2n) is 5.06. The highest BCUT2D eigenvalue weighted by Crippen LogP contribution is 1.95. The van der Waals surface area contributed by atoms with E-state index in [1.807, 2.05) is 0 Å². The molecule has 0 heterocycles. The SMILES string of the molecule is CC(=O)N(CC(C)O)CC(C)O.COCCN(C)C(C)=O. The molecule has 0 rings (SSSR count). The molecule has 0 aromatic heterocycles. The van der Waals surface area contributed by atoms with Gasteiger partial charge in [0.05, 0.1) is 18.8 Å². The van der Waals surface area contributed by atoms with E-state index in [1.165, 1.54) is 18.7 Å². The fourth-order valence-electron chi connectivity index (χ4n) is 1.36. The highest BCUT2D eigenvalue weighted by Gasteiger charge is 2.12. The van der Waals surface area contributed by atoms with Gasteiger partial charge in [-0.15, -0.1) is 0 Å². The molecule has 0 aliphatic carbocycles. The molecule has 2 N–H and O–H groups in total. The summed E-state index contributed by atoms with van der Waals surface area (Å²) in [5, 5.41) is 18.0. The van der Waals surface area contributed by atoms with E-state index in [1.54, 1.807) is 32.9 Å². The van der Waals surface area contributed by atoms with Gasteiger partial charge in [0, 0.05) is 47.6 Å². The number of aliphatic hydroxyl groups excluding tert-OH is 2. The Kier molecular flexibility index (Phi) is 13.2. The lowest BCUT2D eigenvalue weighted by Gasteiger charge is -2.23. The topological polar surface area (TPSA) is 90.3 Å². The van der Waals surface area contributed by atoms with E-state index >= 15 is 0 Å². The maximum absolute atomic E-state index is 10.9. The van der Waals surface area contributed by atoms with Crippen LogP contribution >= 0.6 is 0 Å². The fourth-order valence-corrected chi connectivity index (χ4v) is 1.36. The second-order valence-corrected chi connectivity index (χ2v) is 5.06. The summed E-state index contributed by atoms with van der Waals surface area (Å²) in [5.41, 5.74) is 0. The third-order valence-corrected chi connectivity index (χ3v) is 2.58. The van der Waals surface area contributed by atoms with Crippen molar-refractivity contribution in [2.24, 2.45) is 0 Å². The van der Waals surface area contributed by atoms with Crippen molar-refractivity contribution in [2.45, 2.75) is 39.9 Å². The first-order valence-electron chi connectivity index (χ1n) is 6.94. The van der Waals surface area contributed by atoms with Crippen molar-refractivity contribution >= 4 is 11.8 Å². The van der Waals surface area contributed by atoms with Gasteiger partial charge in [0.2, 0.25) is 11.8 Å². The molecule has 0 saturated heterocycles. The van der Waals surface area contributed by atoms with E-state index in [0.717, 1.165) is 0 Å². The van der Waals surface area contributed by atoms with Crippen molar-refractivity contribution in [3.8, 4) is 0 Å². The molecule has 0 radical (unpaired) electrons. The van der Waals surface area contributed by atoms with Crippen LogP contribution in [0.15, 0.2) is 0 Å². The van der Waals surface area contributed by atoms with Gasteiger partial charge in [0.15, 0.2) is 0 Å². The number of carbonyl (C=O) groups is 2. The zero-order valence-corrected chi connectivity index (χ0v) is 14.0. The van der Waals surface area contributed by atoms with Crippen molar-refractivity contribution in [3.63, 3.8) is 0 Å². The van der Waals surface area contributed by atoms with E-state index in [9.17, 15) is 9.59 Å². The fraction of sp³-hybridized carbons (Fsp3) is 0.857. The minimum absolute atomic E-state index is 0.0760. The Morgan fingerprint density at radius 3 is 1.71 bits per heavy atom. The van der Waals surface area contributed by atoms with Crippen LogP contribution in [-0.2, 0) is 14.3 Å². The molecule has 7 heteroatoms. The number of hydrogen-bond acceptors (Lipinski definition) is 5. The molecule has 2 amide bonds. The van der Waals surface area contributed by atoms with Crippen molar-refractivity contribution < 1.29 is 24.5 Å². The van der Waals surface area contributed by atoms with Crippen LogP contribution in [0.4, 0.5) is 0 Å². The molecule has 2 unspecified atom stereocenters. The first kappa shape index (κ1) is 22.1. The molecule has 0 bridgehead atoms. The monoisotopic (exact) mass is 306 g/mol. The summed E-state index contributed by atoms with van der Waals surface area (Å²) in [6, 6.07) is 0. The number of hydrogen-bond donors (Lipinski definition) is 2. The number of rotatable bonds is 7. The Labute approximate surface area is 127 Å². The summed E-state index contributed by atoms with van der Waals surface area (Å²) in [6.07, 6.45) is -1.10. The smallest absolute Gasteiger partial charge is 0.219 e. The Balaban J connectivity index is 0. The summed E-state index contributed by atoms with van der Waals surface area (Å²) in [4.78, 5) is 24.5. The van der Waals surface area contributed by atoms with Crippen molar-refractivity contribution in [2.75, 3.05) is 40.4 Å². The van der Waals surface area contributed by atoms with Crippen molar-refractivity contribution in [3.05, 3.63) is 0 Å². The zero-order chi connectivity index (χ0) is 17.0. The number of likely N-dealkylation sites (N-methyl/N-ethyl adjacent to an activating group) is 1. The van der Waals surface area contributed by atoms with Crippen LogP contribution in [0.2, 0.25) is 0 Å². The minimum Gasteiger partial charge on any atom is -0.392 e. The average Bonchev–Trinajstić information content (AvgIpc) is 2.34. The average molecular weight is 306 g/mol. The highest BCUT2D eigenvalue weighted by molar-refractivity contribution is 5.73. The summed E-state index contributed by atoms with van der Waals surface area (Å²) in [7, 11) is 3.37. The molecule has 2 atom stereocenters. The van der Waals surface area contributed by atoms with E-state index in [4.69, 9.17) is 14.9 Å². The van der Waals surface area contributed by atoms with Crippen molar-refractivity contribution in [1.82, 2.24) is 9.80 Å². The van der Waals surface area contributed by atoms with Gasteiger partial charge < -0.3 is 24.7 Å². The quantitative estimate of drug-likeness (QED) is 0.674. The molecule has 7 nitrogen and oxygen atoms in total. The second kappa shape index (κ2) is 12.6. The van der Waals surface area contributed by atoms with Gasteiger partial charge in [0.25, 0.3) is 0 Å². The van der Waals surface area contributed by atoms with Gasteiger partial charge in [0.1, 0.15) is 0 Å². The number of nitrogens with zero attached hydrogens (tertiary/aromatic N) is 2. The van der Waals surface area contributed by atoms with Crippen LogP contribution < -0.4 is 0 Å². The van der Waals surface area contributed by atoms with E-state index in [-0.39, 0.29) is 24.9 Å². The normalized spacial score (nSPS) is 12.8. The van der Waals surface area contributed by atoms with Gasteiger partial charge in [-0.3, -0.25) is 9.59 Å². The Bertz CT molecular complexity index is 285. The van der Waals surface area contributed by atoms with Gasteiger partial charge >= 0.3 is 0 Å². The molecule has 0 saturated carbocycles. The van der Waals surface area contributed by atoms with Crippen LogP contribution in [0.25, 0.3) is 0 Å². The first-order chi connectivity index (χ1) is 9.61. The lowest BCUT2D eigenvalue weighted by Crippen LogP contribution is -2.39. The molecule has 0 aromatic carbocycles. The predicted octanol–water partition coefficient (Wildman–Crippen LogP) is -0.292. The van der Waals surface area contributed by atoms with Crippen LogP contribution in [0.1, 0.15) is 27.7 Å². The van der Waals surface area contributed by atoms with Crippen LogP contribution in [-0.4, -0.2) is 84.4 Å². The minimum atomic E-state index is -0.548. The Morgan fingerprint density at radius 1 is 1.05 bits per heavy atom. The number of ether oxygens (including phenoxy) is 1. The van der Waals surface area contributed by atoms with Gasteiger partial charge in [-0.25, -0.2) is 0 Å². The number of carbonyl (C=O) groups excluding carboxylic acids is 2. The standard InChI is InChI=1S/C8H17NO3.C6H13NO2/c1-6(10)4-9(8(3)12)5-7(2)11;1-6(8)7(2)4-5-9-3/h6-7,10-11H,4-5H2,1-3H3;4-5H2,1-3H3. The lowest BCUT2D eigenvalue weighted by atomic mass is 10.3. The van der Waals surface area contributed by atoms with E-state index in [2.05, 4.69) is 0 Å². The molecule has 21 heavy (non-hydrogen) atoms. The van der Waals surface area contributed by atoms with E-state index in [0.29, 0.717) is 13.2 Å². The largest absolute Gasteiger partial charge is 0.392 e. The van der Waals surface area contributed by atoms with Gasteiger partial charge in [-0.1, -0.05) is 0 Å². The first-order valence-corrected chi connectivity index (χ1v) is 6.94. The molecular formula is C14H30N2O5. The zero-order valence-electron chi connectivity index (χ0n) is 14.0. The lowest BCUT2D eigenvalue weighted by molar-refractivity contribution is -0.131. The summed E-state index contributed by atoms with van der Waals surface area (Å²) >= 11 is 0. The Morgan fingerprint density at radius 2 is 1.48 bits per heavy atom. The molecule has 0 spiro atoms. The number of aliphatic hydroxyl groups is 2. The van der Waals surface area contributed by atoms with E-state index < -0.39 is 12.2 Å². The maximum Gasteiger partial charge on any atom is 0.219 e. The molecule has 0 aliphatic rings. The van der Waals surface area contributed by atoms with Gasteiger partial charge in [-0.05, 0) is 13.8 Å². The molecular weight excluding hydrogens is 276 g/mol. The molecule has 126 valence electrons. The summed E-state index contributed by atoms with van der Waals surface area (Å²) < 4.78 is 4.77. The van der Waals surface area contributed by atoms with Crippen molar-refractivity contribution in [1.29, 1.82) is 0 Å². The number of amides is 2. The molecule has 0 fully saturated rings. The van der Waals surface area contributed by atoms with Crippen LogP contribution in [0, 0.1) is 0 Å². The van der Waals surface area contributed by atoms with Crippen LogP contribution in [0.5, 0.6) is 0 Å². The highest BCUT2D eigenvalue weighted by atomic mass is 16.5.